The Kier molecular flexibility index (Phi) is 21.6. The van der Waals surface area contributed by atoms with Crippen LogP contribution in [0.4, 0.5) is 13.2 Å². The number of ether oxygens (including phenoxy) is 18. The lowest BCUT2D eigenvalue weighted by Gasteiger charge is -2.47. The molecule has 592 valence electrons. The minimum absolute atomic E-state index is 0.0150. The summed E-state index contributed by atoms with van der Waals surface area (Å²) in [6, 6.07) is 0. The average Bonchev–Trinajstić information content (AvgIpc) is 1.55. The molecule has 0 amide bonds. The Morgan fingerprint density at radius 3 is 1.45 bits per heavy atom. The molecule has 0 radical (unpaired) electrons. The molecule has 0 aromatic carbocycles. The zero-order valence-corrected chi connectivity index (χ0v) is 61.8. The number of carbonyl (C=O) groups is 2. The Bertz CT molecular complexity index is 3250. The molecule has 20 saturated heterocycles. The Morgan fingerprint density at radius 1 is 0.481 bits per heavy atom. The molecule has 38 atom stereocenters. The highest BCUT2D eigenvalue weighted by Crippen LogP contribution is 2.58. The topological polar surface area (TPSA) is 261 Å². The number of alkyl halides is 3. The molecule has 20 fully saturated rings. The quantitative estimate of drug-likeness (QED) is 0.202. The van der Waals surface area contributed by atoms with Gasteiger partial charge in [0.1, 0.15) is 66.8 Å². The highest BCUT2D eigenvalue weighted by atomic mass is 19.4. The summed E-state index contributed by atoms with van der Waals surface area (Å²) in [4.78, 5) is 26.2. The Hall–Kier alpha value is -2.75. The second-order valence-electron chi connectivity index (χ2n) is 35.0. The maximum absolute atomic E-state index is 14.0. The minimum atomic E-state index is -5.01. The largest absolute Gasteiger partial charge is 0.450 e. The Balaban J connectivity index is 0.000000156. The molecular weight excluding hydrogens is 1390 g/mol. The summed E-state index contributed by atoms with van der Waals surface area (Å²) in [5, 5.41) is 31.9. The van der Waals surface area contributed by atoms with Crippen molar-refractivity contribution in [3.05, 3.63) is 48.6 Å². The molecule has 23 nitrogen and oxygen atoms in total. The first kappa shape index (κ1) is 75.9. The molecule has 20 rings (SSSR count). The average molecular weight is 1500 g/mol. The van der Waals surface area contributed by atoms with Crippen LogP contribution in [0.15, 0.2) is 48.6 Å². The fourth-order valence-corrected chi connectivity index (χ4v) is 22.6. The summed E-state index contributed by atoms with van der Waals surface area (Å²) in [6.07, 6.45) is -0.778. The number of halogens is 3. The predicted octanol–water partition coefficient (Wildman–Crippen LogP) is 8.51. The SMILES string of the molecule is C=C1CC2CCC34CC5OC6C(OC7CCC(CC(=O)CC8C(CC9OC(CCC1O2)CC(C)C9=C)OC(CC(=O)C(F)(F)F)C8OC)OC7C6O3)C5O4.C=C1CC2CCC34CC5OC6C(OC7CCC(CC(O)CC8C(CC9OC(CCC1O2)CC(C)C9=C)OC(CC(O)CO)C8OC)OC7C6O3)C5O4. The summed E-state index contributed by atoms with van der Waals surface area (Å²) in [5.74, 6) is -4.00. The van der Waals surface area contributed by atoms with Gasteiger partial charge in [0.15, 0.2) is 11.6 Å². The molecular formula is C80H113F3O23. The van der Waals surface area contributed by atoms with Crippen LogP contribution < -0.4 is 0 Å². The van der Waals surface area contributed by atoms with Gasteiger partial charge in [0.2, 0.25) is 5.78 Å². The maximum atomic E-state index is 14.0. The number of aliphatic hydroxyl groups is 3. The van der Waals surface area contributed by atoms with E-state index in [4.69, 9.17) is 85.3 Å². The van der Waals surface area contributed by atoms with Crippen molar-refractivity contribution in [2.45, 2.75) is 394 Å². The van der Waals surface area contributed by atoms with E-state index in [0.717, 1.165) is 99.3 Å². The minimum Gasteiger partial charge on any atom is -0.394 e. The van der Waals surface area contributed by atoms with Gasteiger partial charge in [-0.05, 0) is 137 Å². The molecule has 3 N–H and O–H groups in total. The molecule has 106 heavy (non-hydrogen) atoms. The first-order chi connectivity index (χ1) is 50.9. The van der Waals surface area contributed by atoms with E-state index in [1.165, 1.54) is 7.11 Å². The lowest BCUT2D eigenvalue weighted by molar-refractivity contribution is -0.294. The molecule has 2 spiro atoms. The van der Waals surface area contributed by atoms with Gasteiger partial charge in [-0.1, -0.05) is 40.2 Å². The zero-order valence-electron chi connectivity index (χ0n) is 61.8. The van der Waals surface area contributed by atoms with E-state index in [1.807, 2.05) is 0 Å². The van der Waals surface area contributed by atoms with Gasteiger partial charge >= 0.3 is 6.18 Å². The lowest BCUT2D eigenvalue weighted by Crippen LogP contribution is -2.61. The first-order valence-electron chi connectivity index (χ1n) is 40.3. The lowest BCUT2D eigenvalue weighted by atomic mass is 9.81. The van der Waals surface area contributed by atoms with E-state index in [2.05, 4.69) is 40.2 Å². The van der Waals surface area contributed by atoms with Crippen LogP contribution in [-0.4, -0.2) is 261 Å². The van der Waals surface area contributed by atoms with E-state index in [9.17, 15) is 38.1 Å². The van der Waals surface area contributed by atoms with E-state index >= 15 is 0 Å². The van der Waals surface area contributed by atoms with Gasteiger partial charge in [-0.15, -0.1) is 0 Å². The molecule has 0 aromatic rings. The van der Waals surface area contributed by atoms with Crippen molar-refractivity contribution in [1.29, 1.82) is 0 Å². The fraction of sp³-hybridized carbons (Fsp3) is 0.875. The highest BCUT2D eigenvalue weighted by Gasteiger charge is 2.71. The van der Waals surface area contributed by atoms with Crippen LogP contribution in [0.5, 0.6) is 0 Å². The van der Waals surface area contributed by atoms with Gasteiger partial charge in [-0.3, -0.25) is 9.59 Å². The molecule has 20 aliphatic rings. The van der Waals surface area contributed by atoms with Gasteiger partial charge in [-0.25, -0.2) is 0 Å². The predicted molar refractivity (Wildman–Crippen MR) is 368 cm³/mol. The summed E-state index contributed by atoms with van der Waals surface area (Å²) in [7, 11) is 3.04. The molecule has 26 heteroatoms. The standard InChI is InChI=1S/C40H53F3O11.C40H60O12/c1-18-11-22-5-7-26-19(2)12-24(47-26)9-10-39-17-31-35(53-39)36-37(52-31)38(54-39)34-27(51-36)8-6-23(49-34)13-21(44)14-25-29(15-28(48-22)20(18)3)50-30(33(25)46-4)16-32(45)40(41,42)43;1-19-11-24-5-7-28-20(2)12-26(45-28)9-10-40-17-33-36(51-40)37-38(50-33)39(52-40)35-29(49-37)8-6-25(47-35)13-22(42)14-27-31(16-30(46-24)21(19)3)48-32(34(27)44-4)15-23(43)18-41/h18,22-31,33-38H,2-3,5-17H2,1,4H3;19,22-39,41-43H,2-3,5-18H2,1,4H3. The number of aliphatic hydroxyl groups excluding tert-OH is 3. The van der Waals surface area contributed by atoms with Crippen molar-refractivity contribution in [3.63, 3.8) is 0 Å². The monoisotopic (exact) mass is 1500 g/mol. The zero-order chi connectivity index (χ0) is 73.6. The number of methoxy groups -OCH3 is 2. The van der Waals surface area contributed by atoms with Crippen LogP contribution in [0.25, 0.3) is 0 Å². The smallest absolute Gasteiger partial charge is 0.394 e. The fourth-order valence-electron chi connectivity index (χ4n) is 22.6. The van der Waals surface area contributed by atoms with Gasteiger partial charge < -0.3 is 101 Å². The second kappa shape index (κ2) is 30.2. The van der Waals surface area contributed by atoms with Crippen molar-refractivity contribution < 1.29 is 123 Å². The van der Waals surface area contributed by atoms with E-state index in [0.29, 0.717) is 57.8 Å². The molecule has 38 unspecified atom stereocenters. The molecule has 0 saturated carbocycles. The number of Topliss-reactive ketones (excluding diaryl/α,β-unsaturated/α-hetero) is 2. The van der Waals surface area contributed by atoms with Crippen LogP contribution in [-0.2, 0) is 94.9 Å². The van der Waals surface area contributed by atoms with Gasteiger partial charge in [-0.2, -0.15) is 13.2 Å². The van der Waals surface area contributed by atoms with Crippen molar-refractivity contribution in [3.8, 4) is 0 Å². The third-order valence-corrected chi connectivity index (χ3v) is 28.0. The highest BCUT2D eigenvalue weighted by molar-refractivity contribution is 5.84. The normalized spacial score (nSPS) is 52.1. The van der Waals surface area contributed by atoms with Crippen LogP contribution in [0.1, 0.15) is 181 Å². The molecule has 20 heterocycles. The molecule has 0 aliphatic carbocycles. The summed E-state index contributed by atoms with van der Waals surface area (Å²) in [6.45, 7) is 21.6. The Labute approximate surface area is 619 Å². The van der Waals surface area contributed by atoms with Crippen molar-refractivity contribution in [1.82, 2.24) is 0 Å². The van der Waals surface area contributed by atoms with Crippen molar-refractivity contribution in [2.75, 3.05) is 20.8 Å². The second-order valence-corrected chi connectivity index (χ2v) is 35.0. The third kappa shape index (κ3) is 14.7. The summed E-state index contributed by atoms with van der Waals surface area (Å²) >= 11 is 0. The van der Waals surface area contributed by atoms with E-state index in [-0.39, 0.29) is 190 Å². The number of fused-ring (bicyclic) bond motifs is 12. The van der Waals surface area contributed by atoms with E-state index in [1.54, 1.807) is 7.11 Å². The van der Waals surface area contributed by atoms with Crippen LogP contribution >= 0.6 is 0 Å². The van der Waals surface area contributed by atoms with Gasteiger partial charge in [0, 0.05) is 90.3 Å². The Morgan fingerprint density at radius 2 is 0.925 bits per heavy atom. The third-order valence-electron chi connectivity index (χ3n) is 28.0. The van der Waals surface area contributed by atoms with Crippen LogP contribution in [0.2, 0.25) is 0 Å². The first-order valence-corrected chi connectivity index (χ1v) is 40.3. The van der Waals surface area contributed by atoms with E-state index < -0.39 is 96.9 Å². The van der Waals surface area contributed by atoms with Crippen molar-refractivity contribution >= 4 is 11.6 Å². The number of carbonyl (C=O) groups excluding carboxylic acids is 2. The number of rotatable bonds is 7. The van der Waals surface area contributed by atoms with Crippen molar-refractivity contribution in [2.24, 2.45) is 23.7 Å². The molecule has 20 aliphatic heterocycles. The summed E-state index contributed by atoms with van der Waals surface area (Å²) < 4.78 is 159. The molecule has 24 bridgehead atoms. The van der Waals surface area contributed by atoms with Crippen LogP contribution in [0.3, 0.4) is 0 Å². The number of ketones is 2. The van der Waals surface area contributed by atoms with Crippen LogP contribution in [0, 0.1) is 23.7 Å². The van der Waals surface area contributed by atoms with Gasteiger partial charge in [0.05, 0.1) is 141 Å². The van der Waals surface area contributed by atoms with Gasteiger partial charge in [0.25, 0.3) is 0 Å². The number of hydrogen-bond donors (Lipinski definition) is 3. The number of hydrogen-bond acceptors (Lipinski definition) is 23. The maximum Gasteiger partial charge on any atom is 0.450 e. The summed E-state index contributed by atoms with van der Waals surface area (Å²) in [5.41, 5.74) is 4.14. The molecule has 0 aromatic heterocycles.